The van der Waals surface area contributed by atoms with Crippen LogP contribution in [0.25, 0.3) is 0 Å². The highest BCUT2D eigenvalue weighted by molar-refractivity contribution is 6.42. The van der Waals surface area contributed by atoms with Crippen LogP contribution in [0.1, 0.15) is 28.9 Å². The fourth-order valence-corrected chi connectivity index (χ4v) is 2.02. The topological polar surface area (TPSA) is 61.9 Å². The summed E-state index contributed by atoms with van der Waals surface area (Å²) in [7, 11) is 1.69. The van der Waals surface area contributed by atoms with E-state index < -0.39 is 0 Å². The van der Waals surface area contributed by atoms with Gasteiger partial charge in [-0.3, -0.25) is 9.89 Å². The predicted octanol–water partition coefficient (Wildman–Crippen LogP) is 2.95. The van der Waals surface area contributed by atoms with Crippen LogP contribution in [0.5, 0.6) is 0 Å². The molecule has 1 aromatic heterocycles. The molecule has 0 atom stereocenters. The maximum Gasteiger partial charge on any atom is 0.293 e. The molecule has 1 aromatic carbocycles. The van der Waals surface area contributed by atoms with Gasteiger partial charge in [-0.25, -0.2) is 4.98 Å². The van der Waals surface area contributed by atoms with Crippen LogP contribution in [0.3, 0.4) is 0 Å². The number of nitrogens with zero attached hydrogens (tertiary/aromatic N) is 3. The fraction of sp³-hybridized carbons (Fsp3) is 0.308. The lowest BCUT2D eigenvalue weighted by atomic mass is 10.2. The molecule has 2 rings (SSSR count). The molecule has 2 aromatic rings. The molecular formula is C13H14Cl2N4O. The maximum absolute atomic E-state index is 12.2. The predicted molar refractivity (Wildman–Crippen MR) is 78.0 cm³/mol. The zero-order valence-electron chi connectivity index (χ0n) is 11.2. The first-order valence-corrected chi connectivity index (χ1v) is 6.87. The summed E-state index contributed by atoms with van der Waals surface area (Å²) < 4.78 is 0. The van der Waals surface area contributed by atoms with Crippen LogP contribution >= 0.6 is 23.2 Å². The normalized spacial score (nSPS) is 10.6. The van der Waals surface area contributed by atoms with E-state index >= 15 is 0 Å². The number of benzene rings is 1. The van der Waals surface area contributed by atoms with E-state index in [-0.39, 0.29) is 11.7 Å². The molecule has 5 nitrogen and oxygen atoms in total. The van der Waals surface area contributed by atoms with Gasteiger partial charge in [0, 0.05) is 20.0 Å². The third-order valence-corrected chi connectivity index (χ3v) is 3.55. The molecule has 1 amide bonds. The van der Waals surface area contributed by atoms with Gasteiger partial charge in [-0.15, -0.1) is 5.10 Å². The molecular weight excluding hydrogens is 299 g/mol. The van der Waals surface area contributed by atoms with E-state index in [0.29, 0.717) is 28.8 Å². The van der Waals surface area contributed by atoms with Crippen LogP contribution < -0.4 is 0 Å². The minimum Gasteiger partial charge on any atom is -0.335 e. The summed E-state index contributed by atoms with van der Waals surface area (Å²) in [6, 6.07) is 5.27. The number of carbonyl (C=O) groups excluding carboxylic acids is 1. The largest absolute Gasteiger partial charge is 0.335 e. The Morgan fingerprint density at radius 2 is 2.10 bits per heavy atom. The number of aromatic nitrogens is 3. The zero-order valence-corrected chi connectivity index (χ0v) is 12.7. The van der Waals surface area contributed by atoms with Crippen molar-refractivity contribution in [3.63, 3.8) is 0 Å². The number of aromatic amines is 1. The van der Waals surface area contributed by atoms with Crippen molar-refractivity contribution in [2.24, 2.45) is 0 Å². The monoisotopic (exact) mass is 312 g/mol. The number of aryl methyl sites for hydroxylation is 1. The smallest absolute Gasteiger partial charge is 0.293 e. The van der Waals surface area contributed by atoms with Crippen molar-refractivity contribution in [3.8, 4) is 0 Å². The summed E-state index contributed by atoms with van der Waals surface area (Å²) in [6.45, 7) is 2.35. The second kappa shape index (κ2) is 6.24. The van der Waals surface area contributed by atoms with Gasteiger partial charge in [0.05, 0.1) is 10.0 Å². The van der Waals surface area contributed by atoms with E-state index in [0.717, 1.165) is 5.56 Å². The summed E-state index contributed by atoms with van der Waals surface area (Å²) in [5, 5.41) is 7.59. The number of H-pyrrole nitrogens is 1. The lowest BCUT2D eigenvalue weighted by molar-refractivity contribution is 0.0773. The van der Waals surface area contributed by atoms with E-state index in [1.165, 1.54) is 4.90 Å². The van der Waals surface area contributed by atoms with Crippen molar-refractivity contribution in [1.82, 2.24) is 20.1 Å². The first kappa shape index (κ1) is 14.8. The standard InChI is InChI=1S/C13H14Cl2N4O/c1-3-11-16-12(18-17-11)13(20)19(2)7-8-4-5-9(14)10(15)6-8/h4-6H,3,7H2,1-2H3,(H,16,17,18). The van der Waals surface area contributed by atoms with E-state index in [1.807, 2.05) is 13.0 Å². The van der Waals surface area contributed by atoms with Crippen molar-refractivity contribution >= 4 is 29.1 Å². The third-order valence-electron chi connectivity index (χ3n) is 2.81. The first-order valence-electron chi connectivity index (χ1n) is 6.12. The Hall–Kier alpha value is -1.59. The molecule has 0 spiro atoms. The molecule has 0 unspecified atom stereocenters. The molecule has 1 heterocycles. The van der Waals surface area contributed by atoms with Crippen molar-refractivity contribution in [1.29, 1.82) is 0 Å². The minimum absolute atomic E-state index is 0.171. The number of nitrogens with one attached hydrogen (secondary N) is 1. The molecule has 0 bridgehead atoms. The Bertz CT molecular complexity index is 627. The van der Waals surface area contributed by atoms with Crippen molar-refractivity contribution in [2.75, 3.05) is 7.05 Å². The summed E-state index contributed by atoms with van der Waals surface area (Å²) in [5.74, 6) is 0.618. The van der Waals surface area contributed by atoms with Crippen LogP contribution in [0.2, 0.25) is 10.0 Å². The Kier molecular flexibility index (Phi) is 4.62. The molecule has 0 aliphatic rings. The number of hydrogen-bond acceptors (Lipinski definition) is 3. The van der Waals surface area contributed by atoms with Gasteiger partial charge in [-0.2, -0.15) is 0 Å². The Morgan fingerprint density at radius 1 is 1.35 bits per heavy atom. The van der Waals surface area contributed by atoms with E-state index in [2.05, 4.69) is 15.2 Å². The lowest BCUT2D eigenvalue weighted by Crippen LogP contribution is -2.27. The summed E-state index contributed by atoms with van der Waals surface area (Å²) in [5.41, 5.74) is 0.890. The fourth-order valence-electron chi connectivity index (χ4n) is 1.70. The van der Waals surface area contributed by atoms with Gasteiger partial charge in [-0.1, -0.05) is 36.2 Å². The second-order valence-corrected chi connectivity index (χ2v) is 5.18. The Morgan fingerprint density at radius 3 is 2.70 bits per heavy atom. The molecule has 0 aliphatic heterocycles. The molecule has 7 heteroatoms. The number of carbonyl (C=O) groups is 1. The summed E-state index contributed by atoms with van der Waals surface area (Å²) in [4.78, 5) is 17.8. The molecule has 0 fully saturated rings. The van der Waals surface area contributed by atoms with Gasteiger partial charge in [-0.05, 0) is 17.7 Å². The van der Waals surface area contributed by atoms with Crippen LogP contribution in [-0.2, 0) is 13.0 Å². The second-order valence-electron chi connectivity index (χ2n) is 4.37. The maximum atomic E-state index is 12.2. The van der Waals surface area contributed by atoms with Gasteiger partial charge in [0.2, 0.25) is 5.82 Å². The van der Waals surface area contributed by atoms with Crippen LogP contribution in [0, 0.1) is 0 Å². The SMILES string of the molecule is CCc1nc(C(=O)N(C)Cc2ccc(Cl)c(Cl)c2)n[nH]1. The van der Waals surface area contributed by atoms with E-state index in [1.54, 1.807) is 19.2 Å². The average Bonchev–Trinajstić information content (AvgIpc) is 2.91. The van der Waals surface area contributed by atoms with Crippen LogP contribution in [0.4, 0.5) is 0 Å². The molecule has 0 saturated carbocycles. The van der Waals surface area contributed by atoms with Crippen molar-refractivity contribution in [2.45, 2.75) is 19.9 Å². The molecule has 0 aliphatic carbocycles. The van der Waals surface area contributed by atoms with Gasteiger partial charge >= 0.3 is 0 Å². The van der Waals surface area contributed by atoms with Crippen molar-refractivity contribution in [3.05, 3.63) is 45.5 Å². The Labute approximate surface area is 126 Å². The van der Waals surface area contributed by atoms with Gasteiger partial charge in [0.1, 0.15) is 5.82 Å². The lowest BCUT2D eigenvalue weighted by Gasteiger charge is -2.15. The van der Waals surface area contributed by atoms with Gasteiger partial charge in [0.25, 0.3) is 5.91 Å². The third kappa shape index (κ3) is 3.29. The minimum atomic E-state index is -0.243. The Balaban J connectivity index is 2.08. The first-order chi connectivity index (χ1) is 9.51. The highest BCUT2D eigenvalue weighted by atomic mass is 35.5. The van der Waals surface area contributed by atoms with Crippen LogP contribution in [0.15, 0.2) is 18.2 Å². The van der Waals surface area contributed by atoms with Gasteiger partial charge < -0.3 is 4.90 Å². The molecule has 20 heavy (non-hydrogen) atoms. The van der Waals surface area contributed by atoms with Gasteiger partial charge in [0.15, 0.2) is 0 Å². The highest BCUT2D eigenvalue weighted by Crippen LogP contribution is 2.23. The average molecular weight is 313 g/mol. The van der Waals surface area contributed by atoms with E-state index in [4.69, 9.17) is 23.2 Å². The molecule has 0 radical (unpaired) electrons. The van der Waals surface area contributed by atoms with Crippen molar-refractivity contribution < 1.29 is 4.79 Å². The summed E-state index contributed by atoms with van der Waals surface area (Å²) in [6.07, 6.45) is 0.705. The molecule has 1 N–H and O–H groups in total. The number of halogens is 2. The molecule has 106 valence electrons. The number of hydrogen-bond donors (Lipinski definition) is 1. The zero-order chi connectivity index (χ0) is 14.7. The number of rotatable bonds is 4. The highest BCUT2D eigenvalue weighted by Gasteiger charge is 2.17. The summed E-state index contributed by atoms with van der Waals surface area (Å²) >= 11 is 11.8. The molecule has 0 saturated heterocycles. The van der Waals surface area contributed by atoms with E-state index in [9.17, 15) is 4.79 Å². The number of amides is 1. The van der Waals surface area contributed by atoms with Crippen LogP contribution in [-0.4, -0.2) is 33.0 Å². The quantitative estimate of drug-likeness (QED) is 0.944.